The fraction of sp³-hybridized carbons (Fsp3) is 0.500. The Balaban J connectivity index is 2.61. The highest BCUT2D eigenvalue weighted by Gasteiger charge is 2.22. The SMILES string of the molecule is CC(C)Cc1c(CNC(C)C)oc2c(F)c(F)cc(Br)c12. The number of halogens is 3. The molecule has 0 saturated heterocycles. The van der Waals surface area contributed by atoms with E-state index in [0.717, 1.165) is 18.1 Å². The molecule has 0 aliphatic carbocycles. The van der Waals surface area contributed by atoms with Crippen LogP contribution in [0.1, 0.15) is 39.0 Å². The van der Waals surface area contributed by atoms with Gasteiger partial charge >= 0.3 is 0 Å². The number of hydrogen-bond acceptors (Lipinski definition) is 2. The number of nitrogens with one attached hydrogen (secondary N) is 1. The van der Waals surface area contributed by atoms with Crippen LogP contribution in [0.15, 0.2) is 15.0 Å². The Kier molecular flexibility index (Phi) is 5.04. The Morgan fingerprint density at radius 3 is 2.48 bits per heavy atom. The summed E-state index contributed by atoms with van der Waals surface area (Å²) in [6.07, 6.45) is 0.756. The van der Waals surface area contributed by atoms with Gasteiger partial charge in [-0.15, -0.1) is 0 Å². The van der Waals surface area contributed by atoms with E-state index in [1.165, 1.54) is 0 Å². The van der Waals surface area contributed by atoms with Gasteiger partial charge in [0.1, 0.15) is 5.76 Å². The van der Waals surface area contributed by atoms with Crippen molar-refractivity contribution in [1.82, 2.24) is 5.32 Å². The Labute approximate surface area is 132 Å². The first kappa shape index (κ1) is 16.4. The summed E-state index contributed by atoms with van der Waals surface area (Å²) in [5.74, 6) is -0.752. The second kappa shape index (κ2) is 6.44. The molecule has 0 unspecified atom stereocenters. The van der Waals surface area contributed by atoms with Gasteiger partial charge in [-0.05, 0) is 34.3 Å². The zero-order valence-corrected chi connectivity index (χ0v) is 14.3. The van der Waals surface area contributed by atoms with Crippen molar-refractivity contribution in [2.45, 2.75) is 46.7 Å². The third-order valence-electron chi connectivity index (χ3n) is 3.28. The fourth-order valence-corrected chi connectivity index (χ4v) is 2.96. The van der Waals surface area contributed by atoms with Crippen molar-refractivity contribution in [3.63, 3.8) is 0 Å². The van der Waals surface area contributed by atoms with Gasteiger partial charge in [0.2, 0.25) is 5.82 Å². The van der Waals surface area contributed by atoms with Crippen molar-refractivity contribution in [2.24, 2.45) is 5.92 Å². The first-order valence-corrected chi connectivity index (χ1v) is 7.91. The molecule has 0 amide bonds. The van der Waals surface area contributed by atoms with Crippen molar-refractivity contribution in [1.29, 1.82) is 0 Å². The third kappa shape index (κ3) is 3.46. The predicted octanol–water partition coefficient (Wildman–Crippen LogP) is 5.17. The number of rotatable bonds is 5. The second-order valence-corrected chi connectivity index (χ2v) is 6.85. The molecule has 2 rings (SSSR count). The molecule has 1 aromatic heterocycles. The van der Waals surface area contributed by atoms with Crippen molar-refractivity contribution >= 4 is 26.9 Å². The van der Waals surface area contributed by atoms with Gasteiger partial charge in [0, 0.05) is 21.5 Å². The topological polar surface area (TPSA) is 25.2 Å². The lowest BCUT2D eigenvalue weighted by Crippen LogP contribution is -2.22. The van der Waals surface area contributed by atoms with Gasteiger partial charge in [0.25, 0.3) is 0 Å². The van der Waals surface area contributed by atoms with Crippen LogP contribution in [0.2, 0.25) is 0 Å². The maximum atomic E-state index is 14.0. The van der Waals surface area contributed by atoms with Crippen LogP contribution in [0, 0.1) is 17.6 Å². The summed E-state index contributed by atoms with van der Waals surface area (Å²) in [7, 11) is 0. The summed E-state index contributed by atoms with van der Waals surface area (Å²) < 4.78 is 33.7. The van der Waals surface area contributed by atoms with E-state index in [0.29, 0.717) is 28.1 Å². The molecule has 5 heteroatoms. The van der Waals surface area contributed by atoms with Crippen molar-refractivity contribution in [2.75, 3.05) is 0 Å². The van der Waals surface area contributed by atoms with Gasteiger partial charge in [-0.1, -0.05) is 27.7 Å². The number of benzene rings is 1. The lowest BCUT2D eigenvalue weighted by Gasteiger charge is -2.09. The highest BCUT2D eigenvalue weighted by molar-refractivity contribution is 9.10. The number of hydrogen-bond donors (Lipinski definition) is 1. The summed E-state index contributed by atoms with van der Waals surface area (Å²) in [6.45, 7) is 8.74. The minimum atomic E-state index is -0.922. The highest BCUT2D eigenvalue weighted by Crippen LogP contribution is 2.36. The van der Waals surface area contributed by atoms with E-state index in [1.807, 2.05) is 13.8 Å². The van der Waals surface area contributed by atoms with Gasteiger partial charge < -0.3 is 9.73 Å². The molecule has 2 aromatic rings. The van der Waals surface area contributed by atoms with E-state index in [4.69, 9.17) is 4.42 Å². The van der Waals surface area contributed by atoms with E-state index in [-0.39, 0.29) is 11.6 Å². The Morgan fingerprint density at radius 1 is 1.24 bits per heavy atom. The summed E-state index contributed by atoms with van der Waals surface area (Å²) >= 11 is 3.33. The largest absolute Gasteiger partial charge is 0.456 e. The molecule has 1 heterocycles. The Bertz CT molecular complexity index is 649. The van der Waals surface area contributed by atoms with Gasteiger partial charge in [-0.25, -0.2) is 4.39 Å². The first-order chi connectivity index (χ1) is 9.81. The van der Waals surface area contributed by atoms with E-state index in [1.54, 1.807) is 0 Å². The van der Waals surface area contributed by atoms with Crippen LogP contribution in [-0.4, -0.2) is 6.04 Å². The van der Waals surface area contributed by atoms with E-state index in [2.05, 4.69) is 35.1 Å². The van der Waals surface area contributed by atoms with Crippen LogP contribution in [0.3, 0.4) is 0 Å². The summed E-state index contributed by atoms with van der Waals surface area (Å²) in [5.41, 5.74) is 0.942. The van der Waals surface area contributed by atoms with Gasteiger partial charge in [-0.3, -0.25) is 0 Å². The lowest BCUT2D eigenvalue weighted by atomic mass is 9.99. The lowest BCUT2D eigenvalue weighted by molar-refractivity contribution is 0.454. The zero-order chi connectivity index (χ0) is 15.7. The minimum Gasteiger partial charge on any atom is -0.456 e. The summed E-state index contributed by atoms with van der Waals surface area (Å²) in [6, 6.07) is 1.45. The quantitative estimate of drug-likeness (QED) is 0.745. The van der Waals surface area contributed by atoms with Gasteiger partial charge in [-0.2, -0.15) is 4.39 Å². The van der Waals surface area contributed by atoms with Crippen LogP contribution in [-0.2, 0) is 13.0 Å². The van der Waals surface area contributed by atoms with Crippen LogP contribution in [0.25, 0.3) is 11.0 Å². The van der Waals surface area contributed by atoms with Crippen LogP contribution in [0.5, 0.6) is 0 Å². The molecule has 116 valence electrons. The molecule has 0 radical (unpaired) electrons. The van der Waals surface area contributed by atoms with Crippen molar-refractivity contribution < 1.29 is 13.2 Å². The standard InChI is InChI=1S/C16H20BrF2NO/c1-8(2)5-10-13(7-20-9(3)4)21-16-14(10)11(17)6-12(18)15(16)19/h6,8-9,20H,5,7H2,1-4H3. The molecule has 0 atom stereocenters. The van der Waals surface area contributed by atoms with Crippen LogP contribution < -0.4 is 5.32 Å². The van der Waals surface area contributed by atoms with Gasteiger partial charge in [0.05, 0.1) is 6.54 Å². The molecule has 0 aliphatic heterocycles. The van der Waals surface area contributed by atoms with Crippen molar-refractivity contribution in [3.8, 4) is 0 Å². The van der Waals surface area contributed by atoms with E-state index in [9.17, 15) is 8.78 Å². The van der Waals surface area contributed by atoms with E-state index < -0.39 is 11.6 Å². The Hall–Kier alpha value is -0.940. The molecule has 0 fully saturated rings. The molecule has 2 nitrogen and oxygen atoms in total. The molecule has 0 bridgehead atoms. The third-order valence-corrected chi connectivity index (χ3v) is 3.90. The van der Waals surface area contributed by atoms with E-state index >= 15 is 0 Å². The average Bonchev–Trinajstić information content (AvgIpc) is 2.72. The zero-order valence-electron chi connectivity index (χ0n) is 12.7. The maximum absolute atomic E-state index is 14.0. The first-order valence-electron chi connectivity index (χ1n) is 7.12. The van der Waals surface area contributed by atoms with Crippen LogP contribution in [0.4, 0.5) is 8.78 Å². The fourth-order valence-electron chi connectivity index (χ4n) is 2.34. The normalized spacial score (nSPS) is 12.0. The molecule has 0 spiro atoms. The molecule has 0 aliphatic rings. The smallest absolute Gasteiger partial charge is 0.201 e. The molecule has 1 N–H and O–H groups in total. The monoisotopic (exact) mass is 359 g/mol. The minimum absolute atomic E-state index is 0.00178. The number of furan rings is 1. The number of fused-ring (bicyclic) bond motifs is 1. The van der Waals surface area contributed by atoms with Crippen molar-refractivity contribution in [3.05, 3.63) is 33.5 Å². The summed E-state index contributed by atoms with van der Waals surface area (Å²) in [5, 5.41) is 3.91. The maximum Gasteiger partial charge on any atom is 0.201 e. The van der Waals surface area contributed by atoms with Gasteiger partial charge in [0.15, 0.2) is 11.4 Å². The summed E-state index contributed by atoms with van der Waals surface area (Å²) in [4.78, 5) is 0. The highest BCUT2D eigenvalue weighted by atomic mass is 79.9. The molecule has 21 heavy (non-hydrogen) atoms. The molecule has 0 saturated carbocycles. The molecular weight excluding hydrogens is 340 g/mol. The molecule has 1 aromatic carbocycles. The average molecular weight is 360 g/mol. The Morgan fingerprint density at radius 2 is 1.90 bits per heavy atom. The predicted molar refractivity (Wildman–Crippen MR) is 84.3 cm³/mol. The second-order valence-electron chi connectivity index (χ2n) is 6.00. The molecular formula is C16H20BrF2NO. The van der Waals surface area contributed by atoms with Crippen LogP contribution >= 0.6 is 15.9 Å².